The Kier molecular flexibility index (Phi) is 5.44. The molecule has 10 heteroatoms. The molecule has 1 unspecified atom stereocenters. The Morgan fingerprint density at radius 3 is 2.41 bits per heavy atom. The molecular formula is C12H16N2O7S. The minimum absolute atomic E-state index is 0.241. The van der Waals surface area contributed by atoms with Crippen LogP contribution in [0.2, 0.25) is 0 Å². The van der Waals surface area contributed by atoms with Gasteiger partial charge in [0.2, 0.25) is 10.0 Å². The second-order valence-electron chi connectivity index (χ2n) is 4.77. The number of sulfonamides is 1. The molecule has 9 nitrogen and oxygen atoms in total. The van der Waals surface area contributed by atoms with Crippen molar-refractivity contribution in [3.63, 3.8) is 0 Å². The Bertz CT molecular complexity index is 685. The molecule has 1 aromatic rings. The number of ether oxygens (including phenoxy) is 1. The molecule has 0 aliphatic carbocycles. The highest BCUT2D eigenvalue weighted by atomic mass is 32.2. The van der Waals surface area contributed by atoms with Crippen molar-refractivity contribution in [3.8, 4) is 5.75 Å². The summed E-state index contributed by atoms with van der Waals surface area (Å²) < 4.78 is 31.5. The van der Waals surface area contributed by atoms with Crippen LogP contribution >= 0.6 is 0 Å². The van der Waals surface area contributed by atoms with Gasteiger partial charge < -0.3 is 9.84 Å². The lowest BCUT2D eigenvalue weighted by Gasteiger charge is -2.18. The Morgan fingerprint density at radius 1 is 1.41 bits per heavy atom. The minimum atomic E-state index is -4.21. The van der Waals surface area contributed by atoms with Gasteiger partial charge in [0.15, 0.2) is 0 Å². The lowest BCUT2D eigenvalue weighted by Crippen LogP contribution is -2.44. The fourth-order valence-corrected chi connectivity index (χ4v) is 3.18. The van der Waals surface area contributed by atoms with Crippen LogP contribution in [0, 0.1) is 16.0 Å². The molecular weight excluding hydrogens is 316 g/mol. The summed E-state index contributed by atoms with van der Waals surface area (Å²) in [6.07, 6.45) is 0. The Balaban J connectivity index is 3.28. The molecule has 22 heavy (non-hydrogen) atoms. The minimum Gasteiger partial charge on any atom is -0.495 e. The van der Waals surface area contributed by atoms with Crippen LogP contribution in [-0.2, 0) is 14.8 Å². The molecule has 1 atom stereocenters. The number of nitro groups is 1. The average Bonchev–Trinajstić information content (AvgIpc) is 2.43. The van der Waals surface area contributed by atoms with Gasteiger partial charge in [-0.3, -0.25) is 14.9 Å². The molecule has 0 radical (unpaired) electrons. The van der Waals surface area contributed by atoms with Gasteiger partial charge in [0.05, 0.1) is 18.1 Å². The van der Waals surface area contributed by atoms with Crippen LogP contribution in [0.3, 0.4) is 0 Å². The Labute approximate surface area is 127 Å². The summed E-state index contributed by atoms with van der Waals surface area (Å²) in [6.45, 7) is 3.10. The van der Waals surface area contributed by atoms with Crippen LogP contribution in [0.1, 0.15) is 13.8 Å². The fraction of sp³-hybridized carbons (Fsp3) is 0.417. The number of carboxylic acids is 1. The van der Waals surface area contributed by atoms with E-state index in [4.69, 9.17) is 9.84 Å². The number of nitrogens with one attached hydrogen (secondary N) is 1. The number of non-ortho nitro benzene ring substituents is 1. The van der Waals surface area contributed by atoms with Gasteiger partial charge in [0.25, 0.3) is 5.69 Å². The third kappa shape index (κ3) is 3.92. The second kappa shape index (κ2) is 6.71. The number of carboxylic acid groups (broad SMARTS) is 1. The van der Waals surface area contributed by atoms with Crippen molar-refractivity contribution in [2.45, 2.75) is 24.8 Å². The molecule has 0 aromatic heterocycles. The van der Waals surface area contributed by atoms with Gasteiger partial charge >= 0.3 is 5.97 Å². The highest BCUT2D eigenvalue weighted by Crippen LogP contribution is 2.28. The number of nitrogens with zero attached hydrogens (tertiary/aromatic N) is 1. The van der Waals surface area contributed by atoms with Crippen molar-refractivity contribution in [3.05, 3.63) is 28.3 Å². The molecule has 0 bridgehead atoms. The predicted octanol–water partition coefficient (Wildman–Crippen LogP) is 0.991. The topological polar surface area (TPSA) is 136 Å². The van der Waals surface area contributed by atoms with E-state index in [0.717, 1.165) is 25.3 Å². The monoisotopic (exact) mass is 332 g/mol. The molecule has 0 aliphatic rings. The maximum Gasteiger partial charge on any atom is 0.322 e. The number of rotatable bonds is 7. The Hall–Kier alpha value is -2.20. The lowest BCUT2D eigenvalue weighted by molar-refractivity contribution is -0.385. The first kappa shape index (κ1) is 17.9. The van der Waals surface area contributed by atoms with Gasteiger partial charge in [0.1, 0.15) is 16.7 Å². The van der Waals surface area contributed by atoms with Gasteiger partial charge in [-0.2, -0.15) is 4.72 Å². The molecule has 0 amide bonds. The van der Waals surface area contributed by atoms with E-state index < -0.39 is 32.9 Å². The van der Waals surface area contributed by atoms with Crippen molar-refractivity contribution in [2.24, 2.45) is 5.92 Å². The second-order valence-corrected chi connectivity index (χ2v) is 6.46. The van der Waals surface area contributed by atoms with E-state index >= 15 is 0 Å². The van der Waals surface area contributed by atoms with Crippen molar-refractivity contribution in [1.29, 1.82) is 0 Å². The largest absolute Gasteiger partial charge is 0.495 e. The number of nitro benzene ring substituents is 1. The number of carbonyl (C=O) groups is 1. The van der Waals surface area contributed by atoms with E-state index in [1.165, 1.54) is 0 Å². The van der Waals surface area contributed by atoms with Crippen molar-refractivity contribution in [2.75, 3.05) is 7.11 Å². The van der Waals surface area contributed by atoms with E-state index in [0.29, 0.717) is 0 Å². The first-order valence-electron chi connectivity index (χ1n) is 6.17. The summed E-state index contributed by atoms with van der Waals surface area (Å²) in [4.78, 5) is 20.7. The normalized spacial score (nSPS) is 12.9. The summed E-state index contributed by atoms with van der Waals surface area (Å²) in [6, 6.07) is 1.63. The van der Waals surface area contributed by atoms with Gasteiger partial charge in [0, 0.05) is 6.07 Å². The quantitative estimate of drug-likeness (QED) is 0.561. The Morgan fingerprint density at radius 2 is 2.00 bits per heavy atom. The SMILES string of the molecule is COc1cc([N+](=O)[O-])ccc1S(=O)(=O)NC(C(=O)O)C(C)C. The molecule has 0 saturated heterocycles. The summed E-state index contributed by atoms with van der Waals surface area (Å²) in [5.74, 6) is -2.05. The number of methoxy groups -OCH3 is 1. The van der Waals surface area contributed by atoms with Crippen LogP contribution in [0.25, 0.3) is 0 Å². The van der Waals surface area contributed by atoms with E-state index in [1.807, 2.05) is 0 Å². The molecule has 0 saturated carbocycles. The van der Waals surface area contributed by atoms with E-state index in [-0.39, 0.29) is 16.3 Å². The van der Waals surface area contributed by atoms with Gasteiger partial charge in [-0.15, -0.1) is 0 Å². The first-order valence-corrected chi connectivity index (χ1v) is 7.66. The summed E-state index contributed by atoms with van der Waals surface area (Å²) in [7, 11) is -3.05. The number of benzene rings is 1. The zero-order valence-electron chi connectivity index (χ0n) is 12.1. The zero-order valence-corrected chi connectivity index (χ0v) is 13.0. The maximum atomic E-state index is 12.3. The maximum absolute atomic E-state index is 12.3. The summed E-state index contributed by atoms with van der Waals surface area (Å²) in [5.41, 5.74) is -0.338. The van der Waals surface area contributed by atoms with Crippen LogP contribution in [-0.4, -0.2) is 37.6 Å². The van der Waals surface area contributed by atoms with Gasteiger partial charge in [-0.1, -0.05) is 13.8 Å². The molecule has 122 valence electrons. The molecule has 2 N–H and O–H groups in total. The molecule has 0 aliphatic heterocycles. The summed E-state index contributed by atoms with van der Waals surface area (Å²) in [5, 5.41) is 19.7. The zero-order chi connectivity index (χ0) is 17.1. The molecule has 0 fully saturated rings. The fourth-order valence-electron chi connectivity index (χ4n) is 1.69. The third-order valence-electron chi connectivity index (χ3n) is 2.86. The molecule has 1 rings (SSSR count). The predicted molar refractivity (Wildman–Crippen MR) is 76.2 cm³/mol. The number of hydrogen-bond donors (Lipinski definition) is 2. The van der Waals surface area contributed by atoms with Crippen molar-refractivity contribution >= 4 is 21.7 Å². The molecule has 1 aromatic carbocycles. The average molecular weight is 332 g/mol. The first-order chi connectivity index (χ1) is 10.1. The van der Waals surface area contributed by atoms with Crippen LogP contribution in [0.4, 0.5) is 5.69 Å². The summed E-state index contributed by atoms with van der Waals surface area (Å²) >= 11 is 0. The van der Waals surface area contributed by atoms with E-state index in [1.54, 1.807) is 13.8 Å². The van der Waals surface area contributed by atoms with E-state index in [2.05, 4.69) is 4.72 Å². The highest BCUT2D eigenvalue weighted by Gasteiger charge is 2.30. The number of hydrogen-bond acceptors (Lipinski definition) is 6. The standard InChI is InChI=1S/C12H16N2O7S/c1-7(2)11(12(15)16)13-22(19,20)10-5-4-8(14(17)18)6-9(10)21-3/h4-7,11,13H,1-3H3,(H,15,16). The van der Waals surface area contributed by atoms with Crippen LogP contribution in [0.15, 0.2) is 23.1 Å². The van der Waals surface area contributed by atoms with Crippen LogP contribution < -0.4 is 9.46 Å². The van der Waals surface area contributed by atoms with Gasteiger partial charge in [-0.05, 0) is 12.0 Å². The van der Waals surface area contributed by atoms with Crippen molar-refractivity contribution in [1.82, 2.24) is 4.72 Å². The molecule has 0 heterocycles. The smallest absolute Gasteiger partial charge is 0.322 e. The van der Waals surface area contributed by atoms with Gasteiger partial charge in [-0.25, -0.2) is 8.42 Å². The highest BCUT2D eigenvalue weighted by molar-refractivity contribution is 7.89. The third-order valence-corrected chi connectivity index (χ3v) is 4.34. The van der Waals surface area contributed by atoms with Crippen molar-refractivity contribution < 1.29 is 28.0 Å². The molecule has 0 spiro atoms. The van der Waals surface area contributed by atoms with Crippen LogP contribution in [0.5, 0.6) is 5.75 Å². The lowest BCUT2D eigenvalue weighted by atomic mass is 10.1. The van der Waals surface area contributed by atoms with E-state index in [9.17, 15) is 23.3 Å². The number of aliphatic carboxylic acids is 1.